The summed E-state index contributed by atoms with van der Waals surface area (Å²) < 4.78 is 1.59. The van der Waals surface area contributed by atoms with Crippen LogP contribution in [0.5, 0.6) is 0 Å². The molecule has 2 heterocycles. The van der Waals surface area contributed by atoms with E-state index in [0.29, 0.717) is 35.1 Å². The van der Waals surface area contributed by atoms with Gasteiger partial charge in [-0.05, 0) is 42.2 Å². The standard InChI is InChI=1S/C21H23N5O4/c22-18-3-1-15(12-20(18)26(29)30)14-2-4-19-17(11-14)21(28)25(13-23-19)10-9-24-7-5-16(27)6-8-24/h1-4,11-13,16,27H,5-10,22H2. The Hall–Kier alpha value is -3.30. The van der Waals surface area contributed by atoms with Gasteiger partial charge < -0.3 is 15.7 Å². The minimum Gasteiger partial charge on any atom is -0.393 e. The van der Waals surface area contributed by atoms with Crippen molar-refractivity contribution in [1.82, 2.24) is 14.5 Å². The van der Waals surface area contributed by atoms with Crippen molar-refractivity contribution >= 4 is 22.3 Å². The number of piperidine rings is 1. The predicted molar refractivity (Wildman–Crippen MR) is 114 cm³/mol. The molecule has 0 atom stereocenters. The van der Waals surface area contributed by atoms with Crippen molar-refractivity contribution in [3.05, 3.63) is 63.2 Å². The topological polar surface area (TPSA) is 128 Å². The molecule has 0 radical (unpaired) electrons. The smallest absolute Gasteiger partial charge is 0.292 e. The second-order valence-corrected chi connectivity index (χ2v) is 7.58. The van der Waals surface area contributed by atoms with Gasteiger partial charge in [0.2, 0.25) is 0 Å². The van der Waals surface area contributed by atoms with E-state index in [4.69, 9.17) is 5.73 Å². The molecular formula is C21H23N5O4. The van der Waals surface area contributed by atoms with E-state index >= 15 is 0 Å². The number of aromatic nitrogens is 2. The molecule has 1 fully saturated rings. The predicted octanol–water partition coefficient (Wildman–Crippen LogP) is 2.01. The Balaban J connectivity index is 1.62. The van der Waals surface area contributed by atoms with Crippen molar-refractivity contribution in [3.63, 3.8) is 0 Å². The molecule has 2 aromatic carbocycles. The highest BCUT2D eigenvalue weighted by Crippen LogP contribution is 2.29. The van der Waals surface area contributed by atoms with Crippen LogP contribution in [0.15, 0.2) is 47.5 Å². The number of aliphatic hydroxyl groups is 1. The number of nitrogens with zero attached hydrogens (tertiary/aromatic N) is 4. The first kappa shape index (κ1) is 20.0. The molecule has 30 heavy (non-hydrogen) atoms. The molecule has 1 aliphatic rings. The van der Waals surface area contributed by atoms with E-state index in [-0.39, 0.29) is 23.0 Å². The lowest BCUT2D eigenvalue weighted by Crippen LogP contribution is -2.38. The van der Waals surface area contributed by atoms with E-state index < -0.39 is 4.92 Å². The van der Waals surface area contributed by atoms with Gasteiger partial charge in [0.1, 0.15) is 5.69 Å². The van der Waals surface area contributed by atoms with Gasteiger partial charge in [-0.2, -0.15) is 0 Å². The van der Waals surface area contributed by atoms with E-state index in [9.17, 15) is 20.0 Å². The summed E-state index contributed by atoms with van der Waals surface area (Å²) >= 11 is 0. The number of hydrogen-bond donors (Lipinski definition) is 2. The van der Waals surface area contributed by atoms with Crippen LogP contribution in [-0.2, 0) is 6.54 Å². The molecule has 156 valence electrons. The Morgan fingerprint density at radius 2 is 1.83 bits per heavy atom. The third kappa shape index (κ3) is 4.03. The number of likely N-dealkylation sites (tertiary alicyclic amines) is 1. The summed E-state index contributed by atoms with van der Waals surface area (Å²) in [7, 11) is 0. The lowest BCUT2D eigenvalue weighted by atomic mass is 10.0. The highest BCUT2D eigenvalue weighted by Gasteiger charge is 2.17. The first-order valence-electron chi connectivity index (χ1n) is 9.86. The number of nitrogens with two attached hydrogens (primary N) is 1. The van der Waals surface area contributed by atoms with Crippen LogP contribution >= 0.6 is 0 Å². The molecule has 0 bridgehead atoms. The van der Waals surface area contributed by atoms with Crippen molar-refractivity contribution in [2.24, 2.45) is 0 Å². The molecule has 4 rings (SSSR count). The molecule has 1 aliphatic heterocycles. The number of nitrogen functional groups attached to an aromatic ring is 1. The molecule has 1 saturated heterocycles. The normalized spacial score (nSPS) is 15.5. The van der Waals surface area contributed by atoms with Crippen LogP contribution in [0.25, 0.3) is 22.0 Å². The van der Waals surface area contributed by atoms with Crippen molar-refractivity contribution in [3.8, 4) is 11.1 Å². The van der Waals surface area contributed by atoms with E-state index in [2.05, 4.69) is 9.88 Å². The number of hydrogen-bond acceptors (Lipinski definition) is 7. The molecule has 0 aliphatic carbocycles. The average Bonchev–Trinajstić information content (AvgIpc) is 2.74. The largest absolute Gasteiger partial charge is 0.393 e. The molecule has 0 spiro atoms. The summed E-state index contributed by atoms with van der Waals surface area (Å²) in [5, 5.41) is 21.3. The van der Waals surface area contributed by atoms with E-state index in [1.54, 1.807) is 35.2 Å². The van der Waals surface area contributed by atoms with Gasteiger partial charge in [-0.3, -0.25) is 19.5 Å². The first-order chi connectivity index (χ1) is 14.4. The van der Waals surface area contributed by atoms with Crippen LogP contribution in [0.1, 0.15) is 12.8 Å². The Bertz CT molecular complexity index is 1150. The zero-order chi connectivity index (χ0) is 21.3. The fraction of sp³-hybridized carbons (Fsp3) is 0.333. The van der Waals surface area contributed by atoms with Crippen LogP contribution < -0.4 is 11.3 Å². The summed E-state index contributed by atoms with van der Waals surface area (Å²) in [6.45, 7) is 2.85. The lowest BCUT2D eigenvalue weighted by Gasteiger charge is -2.29. The number of nitro groups is 1. The van der Waals surface area contributed by atoms with Crippen LogP contribution in [0.2, 0.25) is 0 Å². The average molecular weight is 409 g/mol. The molecule has 0 saturated carbocycles. The van der Waals surface area contributed by atoms with E-state index in [1.165, 1.54) is 12.1 Å². The summed E-state index contributed by atoms with van der Waals surface area (Å²) in [5.74, 6) is 0. The van der Waals surface area contributed by atoms with Gasteiger partial charge in [-0.15, -0.1) is 0 Å². The molecule has 3 N–H and O–H groups in total. The summed E-state index contributed by atoms with van der Waals surface area (Å²) in [4.78, 5) is 30.3. The molecule has 9 nitrogen and oxygen atoms in total. The lowest BCUT2D eigenvalue weighted by molar-refractivity contribution is -0.383. The summed E-state index contributed by atoms with van der Waals surface area (Å²) in [5.41, 5.74) is 7.34. The first-order valence-corrected chi connectivity index (χ1v) is 9.86. The third-order valence-corrected chi connectivity index (χ3v) is 5.60. The summed E-state index contributed by atoms with van der Waals surface area (Å²) in [6, 6.07) is 9.85. The van der Waals surface area contributed by atoms with Crippen LogP contribution in [0.4, 0.5) is 11.4 Å². The molecule has 0 unspecified atom stereocenters. The third-order valence-electron chi connectivity index (χ3n) is 5.60. The van der Waals surface area contributed by atoms with Gasteiger partial charge in [0, 0.05) is 32.2 Å². The Labute approximate surface area is 172 Å². The molecule has 3 aromatic rings. The van der Waals surface area contributed by atoms with Gasteiger partial charge in [0.15, 0.2) is 0 Å². The van der Waals surface area contributed by atoms with Crippen molar-refractivity contribution in [1.29, 1.82) is 0 Å². The SMILES string of the molecule is Nc1ccc(-c2ccc3ncn(CCN4CCC(O)CC4)c(=O)c3c2)cc1[N+](=O)[O-]. The van der Waals surface area contributed by atoms with Gasteiger partial charge in [0.05, 0.1) is 28.3 Å². The van der Waals surface area contributed by atoms with Crippen LogP contribution in [0, 0.1) is 10.1 Å². The monoisotopic (exact) mass is 409 g/mol. The highest BCUT2D eigenvalue weighted by atomic mass is 16.6. The van der Waals surface area contributed by atoms with Crippen LogP contribution in [0.3, 0.4) is 0 Å². The number of anilines is 1. The highest BCUT2D eigenvalue weighted by molar-refractivity contribution is 5.84. The van der Waals surface area contributed by atoms with E-state index in [1.807, 2.05) is 0 Å². The fourth-order valence-electron chi connectivity index (χ4n) is 3.77. The quantitative estimate of drug-likeness (QED) is 0.375. The molecule has 1 aromatic heterocycles. The Kier molecular flexibility index (Phi) is 5.47. The minimum atomic E-state index is -0.520. The number of fused-ring (bicyclic) bond motifs is 1. The zero-order valence-electron chi connectivity index (χ0n) is 16.4. The maximum absolute atomic E-state index is 13.0. The molecular weight excluding hydrogens is 386 g/mol. The van der Waals surface area contributed by atoms with E-state index in [0.717, 1.165) is 25.9 Å². The maximum atomic E-state index is 13.0. The number of rotatable bonds is 5. The number of nitro benzene ring substituents is 1. The van der Waals surface area contributed by atoms with Gasteiger partial charge in [0.25, 0.3) is 11.2 Å². The second-order valence-electron chi connectivity index (χ2n) is 7.58. The maximum Gasteiger partial charge on any atom is 0.292 e. The van der Waals surface area contributed by atoms with Gasteiger partial charge in [-0.25, -0.2) is 4.98 Å². The van der Waals surface area contributed by atoms with Gasteiger partial charge >= 0.3 is 0 Å². The van der Waals surface area contributed by atoms with Crippen molar-refractivity contribution in [2.75, 3.05) is 25.4 Å². The molecule has 9 heteroatoms. The van der Waals surface area contributed by atoms with Gasteiger partial charge in [-0.1, -0.05) is 12.1 Å². The second kappa shape index (κ2) is 8.21. The fourth-order valence-corrected chi connectivity index (χ4v) is 3.77. The summed E-state index contributed by atoms with van der Waals surface area (Å²) in [6.07, 6.45) is 2.83. The zero-order valence-corrected chi connectivity index (χ0v) is 16.4. The molecule has 0 amide bonds. The minimum absolute atomic E-state index is 0.0961. The van der Waals surface area contributed by atoms with Crippen molar-refractivity contribution in [2.45, 2.75) is 25.5 Å². The number of aliphatic hydroxyl groups excluding tert-OH is 1. The Morgan fingerprint density at radius 1 is 1.13 bits per heavy atom. The van der Waals surface area contributed by atoms with Crippen molar-refractivity contribution < 1.29 is 10.0 Å². The van der Waals surface area contributed by atoms with Crippen LogP contribution in [-0.4, -0.2) is 50.2 Å². The number of benzene rings is 2. The Morgan fingerprint density at radius 3 is 2.57 bits per heavy atom.